The third-order valence-corrected chi connectivity index (χ3v) is 3.72. The van der Waals surface area contributed by atoms with Gasteiger partial charge in [-0.1, -0.05) is 15.9 Å². The number of esters is 1. The number of carbonyl (C=O) groups is 2. The molecule has 128 valence electrons. The Bertz CT molecular complexity index is 700. The largest absolute Gasteiger partial charge is 0.465 e. The number of imidazole rings is 1. The summed E-state index contributed by atoms with van der Waals surface area (Å²) in [6.45, 7) is 3.93. The molecule has 7 nitrogen and oxygen atoms in total. The van der Waals surface area contributed by atoms with Crippen molar-refractivity contribution in [1.29, 1.82) is 0 Å². The highest BCUT2D eigenvalue weighted by molar-refractivity contribution is 9.10. The maximum Gasteiger partial charge on any atom is 0.325 e. The number of anilines is 1. The molecule has 24 heavy (non-hydrogen) atoms. The Morgan fingerprint density at radius 1 is 1.33 bits per heavy atom. The number of ether oxygens (including phenoxy) is 1. The molecule has 0 saturated heterocycles. The van der Waals surface area contributed by atoms with Crippen LogP contribution in [0.15, 0.2) is 41.1 Å². The Hall–Kier alpha value is -2.35. The van der Waals surface area contributed by atoms with Crippen LogP contribution in [0, 0.1) is 0 Å². The minimum atomic E-state index is -0.370. The first-order valence-electron chi connectivity index (χ1n) is 7.49. The molecule has 1 aromatic carbocycles. The predicted octanol–water partition coefficient (Wildman–Crippen LogP) is 3.09. The Kier molecular flexibility index (Phi) is 6.36. The molecule has 8 heteroatoms. The highest BCUT2D eigenvalue weighted by Crippen LogP contribution is 2.15. The number of urea groups is 1. The molecule has 1 atom stereocenters. The molecule has 0 aliphatic carbocycles. The van der Waals surface area contributed by atoms with Crippen molar-refractivity contribution in [2.75, 3.05) is 11.9 Å². The number of aromatic nitrogens is 2. The number of carbonyl (C=O) groups excluding carboxylic acids is 2. The summed E-state index contributed by atoms with van der Waals surface area (Å²) < 4.78 is 7.52. The summed E-state index contributed by atoms with van der Waals surface area (Å²) in [4.78, 5) is 27.9. The van der Waals surface area contributed by atoms with Crippen molar-refractivity contribution in [3.63, 3.8) is 0 Å². The monoisotopic (exact) mass is 394 g/mol. The van der Waals surface area contributed by atoms with E-state index in [1.54, 1.807) is 42.9 Å². The molecule has 0 bridgehead atoms. The Morgan fingerprint density at radius 3 is 2.71 bits per heavy atom. The molecule has 0 fully saturated rings. The molecule has 2 N–H and O–H groups in total. The molecular formula is C16H19BrN4O3. The lowest BCUT2D eigenvalue weighted by molar-refractivity contribution is -0.143. The second kappa shape index (κ2) is 8.49. The zero-order valence-electron chi connectivity index (χ0n) is 13.5. The number of halogens is 1. The molecule has 2 amide bonds. The SMILES string of the molecule is CCOC(=O)Cn1ccnc1C(C)NC(=O)Nc1ccc(Br)cc1. The number of nitrogens with one attached hydrogen (secondary N) is 2. The van der Waals surface area contributed by atoms with Gasteiger partial charge in [0.05, 0.1) is 12.6 Å². The van der Waals surface area contributed by atoms with Crippen LogP contribution in [-0.2, 0) is 16.1 Å². The first-order valence-corrected chi connectivity index (χ1v) is 8.28. The zero-order valence-corrected chi connectivity index (χ0v) is 15.0. The third-order valence-electron chi connectivity index (χ3n) is 3.19. The van der Waals surface area contributed by atoms with E-state index < -0.39 is 0 Å². The molecule has 0 saturated carbocycles. The molecular weight excluding hydrogens is 376 g/mol. The molecule has 2 rings (SSSR count). The van der Waals surface area contributed by atoms with E-state index in [9.17, 15) is 9.59 Å². The maximum atomic E-state index is 12.1. The van der Waals surface area contributed by atoms with E-state index in [1.807, 2.05) is 12.1 Å². The number of nitrogens with zero attached hydrogens (tertiary/aromatic N) is 2. The summed E-state index contributed by atoms with van der Waals surface area (Å²) in [5, 5.41) is 5.54. The van der Waals surface area contributed by atoms with E-state index in [0.717, 1.165) is 4.47 Å². The van der Waals surface area contributed by atoms with Gasteiger partial charge >= 0.3 is 12.0 Å². The van der Waals surface area contributed by atoms with Gasteiger partial charge in [0.15, 0.2) is 0 Å². The molecule has 2 aromatic rings. The number of benzene rings is 1. The van der Waals surface area contributed by atoms with Crippen LogP contribution in [0.25, 0.3) is 0 Å². The predicted molar refractivity (Wildman–Crippen MR) is 93.6 cm³/mol. The van der Waals surface area contributed by atoms with Gasteiger partial charge in [-0.25, -0.2) is 9.78 Å². The van der Waals surface area contributed by atoms with E-state index in [2.05, 4.69) is 31.5 Å². The van der Waals surface area contributed by atoms with Gasteiger partial charge in [-0.3, -0.25) is 4.79 Å². The van der Waals surface area contributed by atoms with Gasteiger partial charge in [0.2, 0.25) is 0 Å². The lowest BCUT2D eigenvalue weighted by Gasteiger charge is -2.16. The normalized spacial score (nSPS) is 11.6. The number of rotatable bonds is 6. The highest BCUT2D eigenvalue weighted by Gasteiger charge is 2.16. The lowest BCUT2D eigenvalue weighted by atomic mass is 10.3. The van der Waals surface area contributed by atoms with Crippen LogP contribution < -0.4 is 10.6 Å². The van der Waals surface area contributed by atoms with Crippen LogP contribution in [0.3, 0.4) is 0 Å². The number of hydrogen-bond donors (Lipinski definition) is 2. The summed E-state index contributed by atoms with van der Waals surface area (Å²) >= 11 is 3.34. The Morgan fingerprint density at radius 2 is 2.04 bits per heavy atom. The summed E-state index contributed by atoms with van der Waals surface area (Å²) in [7, 11) is 0. The standard InChI is InChI=1S/C16H19BrN4O3/c1-3-24-14(22)10-21-9-8-18-15(21)11(2)19-16(23)20-13-6-4-12(17)5-7-13/h4-9,11H,3,10H2,1-2H3,(H2,19,20,23). The highest BCUT2D eigenvalue weighted by atomic mass is 79.9. The van der Waals surface area contributed by atoms with Crippen molar-refractivity contribution in [2.24, 2.45) is 0 Å². The molecule has 1 unspecified atom stereocenters. The number of amides is 2. The minimum Gasteiger partial charge on any atom is -0.465 e. The Balaban J connectivity index is 1.95. The van der Waals surface area contributed by atoms with Gasteiger partial charge in [-0.05, 0) is 38.1 Å². The summed E-state index contributed by atoms with van der Waals surface area (Å²) in [6, 6.07) is 6.53. The third kappa shape index (κ3) is 5.09. The van der Waals surface area contributed by atoms with Crippen LogP contribution in [0.4, 0.5) is 10.5 Å². The van der Waals surface area contributed by atoms with Crippen molar-refractivity contribution >= 4 is 33.6 Å². The molecule has 0 spiro atoms. The van der Waals surface area contributed by atoms with Gasteiger partial charge < -0.3 is 19.9 Å². The van der Waals surface area contributed by atoms with Crippen LogP contribution in [0.2, 0.25) is 0 Å². The summed E-state index contributed by atoms with van der Waals surface area (Å²) in [5.41, 5.74) is 0.678. The van der Waals surface area contributed by atoms with Crippen LogP contribution in [-0.4, -0.2) is 28.2 Å². The van der Waals surface area contributed by atoms with E-state index in [1.165, 1.54) is 0 Å². The van der Waals surface area contributed by atoms with Crippen molar-refractivity contribution in [2.45, 2.75) is 26.4 Å². The molecule has 0 aliphatic rings. The average molecular weight is 395 g/mol. The van der Waals surface area contributed by atoms with Crippen molar-refractivity contribution < 1.29 is 14.3 Å². The van der Waals surface area contributed by atoms with E-state index in [4.69, 9.17) is 4.74 Å². The minimum absolute atomic E-state index is 0.0591. The molecule has 1 heterocycles. The van der Waals surface area contributed by atoms with Crippen LogP contribution >= 0.6 is 15.9 Å². The first-order chi connectivity index (χ1) is 11.5. The van der Waals surface area contributed by atoms with E-state index >= 15 is 0 Å². The zero-order chi connectivity index (χ0) is 17.5. The van der Waals surface area contributed by atoms with Crippen molar-refractivity contribution in [3.05, 3.63) is 47.0 Å². The maximum absolute atomic E-state index is 12.1. The molecule has 1 aromatic heterocycles. The van der Waals surface area contributed by atoms with Gasteiger partial charge in [0, 0.05) is 22.6 Å². The van der Waals surface area contributed by atoms with Gasteiger partial charge in [0.25, 0.3) is 0 Å². The van der Waals surface area contributed by atoms with Gasteiger partial charge in [-0.15, -0.1) is 0 Å². The first kappa shape index (κ1) is 18.0. The fourth-order valence-corrected chi connectivity index (χ4v) is 2.41. The lowest BCUT2D eigenvalue weighted by Crippen LogP contribution is -2.33. The summed E-state index contributed by atoms with van der Waals surface area (Å²) in [6.07, 6.45) is 3.26. The Labute approximate surface area is 148 Å². The smallest absolute Gasteiger partial charge is 0.325 e. The van der Waals surface area contributed by atoms with E-state index in [0.29, 0.717) is 18.1 Å². The fraction of sp³-hybridized carbons (Fsp3) is 0.312. The number of hydrogen-bond acceptors (Lipinski definition) is 4. The molecule has 0 aliphatic heterocycles. The quantitative estimate of drug-likeness (QED) is 0.737. The van der Waals surface area contributed by atoms with Crippen LogP contribution in [0.1, 0.15) is 25.7 Å². The second-order valence-corrected chi connectivity index (χ2v) is 5.96. The summed E-state index contributed by atoms with van der Waals surface area (Å²) in [5.74, 6) is 0.234. The van der Waals surface area contributed by atoms with Gasteiger partial charge in [0.1, 0.15) is 12.4 Å². The van der Waals surface area contributed by atoms with Crippen LogP contribution in [0.5, 0.6) is 0 Å². The van der Waals surface area contributed by atoms with E-state index in [-0.39, 0.29) is 24.6 Å². The van der Waals surface area contributed by atoms with Gasteiger partial charge in [-0.2, -0.15) is 0 Å². The van der Waals surface area contributed by atoms with Crippen molar-refractivity contribution in [3.8, 4) is 0 Å². The molecule has 0 radical (unpaired) electrons. The average Bonchev–Trinajstić information content (AvgIpc) is 2.98. The fourth-order valence-electron chi connectivity index (χ4n) is 2.14. The second-order valence-electron chi connectivity index (χ2n) is 5.05. The van der Waals surface area contributed by atoms with Crippen molar-refractivity contribution in [1.82, 2.24) is 14.9 Å². The topological polar surface area (TPSA) is 85.2 Å².